The van der Waals surface area contributed by atoms with Crippen LogP contribution in [-0.2, 0) is 12.7 Å². The molecule has 1 heterocycles. The molecule has 0 atom stereocenters. The van der Waals surface area contributed by atoms with Gasteiger partial charge in [-0.25, -0.2) is 4.68 Å². The van der Waals surface area contributed by atoms with Crippen molar-refractivity contribution in [2.75, 3.05) is 0 Å². The molecular formula is C22H19F3N4O2. The average Bonchev–Trinajstić information content (AvgIpc) is 3.49. The summed E-state index contributed by atoms with van der Waals surface area (Å²) < 4.78 is 40.7. The topological polar surface area (TPSA) is 90.0 Å². The summed E-state index contributed by atoms with van der Waals surface area (Å²) >= 11 is 0. The normalized spacial score (nSPS) is 13.8. The standard InChI is InChI=1S/C22H19F3N4O2/c23-22(24,25)16-2-1-3-17(10-16)29-19(14-8-9-14)18(12-28-29)21(31)27-11-13-4-6-15(7-5-13)20(26)30/h1-7,10,12,14H,8-9,11H2,(H2,26,30)(H,27,31). The Balaban J connectivity index is 1.56. The van der Waals surface area contributed by atoms with Gasteiger partial charge in [0.25, 0.3) is 5.91 Å². The van der Waals surface area contributed by atoms with Crippen LogP contribution in [0.15, 0.2) is 54.7 Å². The van der Waals surface area contributed by atoms with E-state index in [9.17, 15) is 22.8 Å². The molecule has 0 radical (unpaired) electrons. The van der Waals surface area contributed by atoms with Crippen molar-refractivity contribution in [2.45, 2.75) is 31.5 Å². The van der Waals surface area contributed by atoms with E-state index < -0.39 is 17.6 Å². The minimum absolute atomic E-state index is 0.0765. The molecule has 1 aliphatic carbocycles. The van der Waals surface area contributed by atoms with E-state index in [0.29, 0.717) is 16.8 Å². The van der Waals surface area contributed by atoms with Crippen LogP contribution in [0.25, 0.3) is 5.69 Å². The van der Waals surface area contributed by atoms with Crippen LogP contribution >= 0.6 is 0 Å². The average molecular weight is 428 g/mol. The Morgan fingerprint density at radius 2 is 1.84 bits per heavy atom. The number of halogens is 3. The van der Waals surface area contributed by atoms with E-state index in [-0.39, 0.29) is 24.1 Å². The number of carbonyl (C=O) groups excluding carboxylic acids is 2. The molecular weight excluding hydrogens is 409 g/mol. The fourth-order valence-electron chi connectivity index (χ4n) is 3.37. The molecule has 3 aromatic rings. The van der Waals surface area contributed by atoms with E-state index in [0.717, 1.165) is 30.5 Å². The minimum atomic E-state index is -4.47. The van der Waals surface area contributed by atoms with Gasteiger partial charge in [-0.05, 0) is 48.7 Å². The van der Waals surface area contributed by atoms with Crippen LogP contribution in [0.2, 0.25) is 0 Å². The molecule has 0 spiro atoms. The molecule has 3 N–H and O–H groups in total. The van der Waals surface area contributed by atoms with Gasteiger partial charge in [0.05, 0.1) is 28.7 Å². The largest absolute Gasteiger partial charge is 0.416 e. The Morgan fingerprint density at radius 3 is 2.45 bits per heavy atom. The molecule has 1 saturated carbocycles. The smallest absolute Gasteiger partial charge is 0.366 e. The summed E-state index contributed by atoms with van der Waals surface area (Å²) in [6.07, 6.45) is -1.38. The Labute approximate surface area is 175 Å². The lowest BCUT2D eigenvalue weighted by Crippen LogP contribution is -2.24. The molecule has 2 aromatic carbocycles. The van der Waals surface area contributed by atoms with E-state index in [2.05, 4.69) is 10.4 Å². The van der Waals surface area contributed by atoms with Gasteiger partial charge in [0.1, 0.15) is 0 Å². The summed E-state index contributed by atoms with van der Waals surface area (Å²) in [7, 11) is 0. The predicted molar refractivity (Wildman–Crippen MR) is 107 cm³/mol. The SMILES string of the molecule is NC(=O)c1ccc(CNC(=O)c2cnn(-c3cccc(C(F)(F)F)c3)c2C2CC2)cc1. The Kier molecular flexibility index (Phi) is 5.26. The highest BCUT2D eigenvalue weighted by atomic mass is 19.4. The second kappa shape index (κ2) is 7.90. The summed E-state index contributed by atoms with van der Waals surface area (Å²) in [4.78, 5) is 23.9. The molecule has 0 aliphatic heterocycles. The predicted octanol–water partition coefficient (Wildman–Crippen LogP) is 3.80. The third-order valence-electron chi connectivity index (χ3n) is 5.12. The van der Waals surface area contributed by atoms with Gasteiger partial charge in [0.2, 0.25) is 5.91 Å². The first-order valence-electron chi connectivity index (χ1n) is 9.66. The van der Waals surface area contributed by atoms with Gasteiger partial charge < -0.3 is 11.1 Å². The molecule has 6 nitrogen and oxygen atoms in total. The van der Waals surface area contributed by atoms with Crippen molar-refractivity contribution < 1.29 is 22.8 Å². The van der Waals surface area contributed by atoms with Crippen molar-refractivity contribution in [2.24, 2.45) is 5.73 Å². The maximum Gasteiger partial charge on any atom is 0.416 e. The van der Waals surface area contributed by atoms with Crippen molar-refractivity contribution in [1.82, 2.24) is 15.1 Å². The quantitative estimate of drug-likeness (QED) is 0.626. The minimum Gasteiger partial charge on any atom is -0.366 e. The van der Waals surface area contributed by atoms with Gasteiger partial charge in [-0.1, -0.05) is 18.2 Å². The monoisotopic (exact) mass is 428 g/mol. The van der Waals surface area contributed by atoms with Gasteiger partial charge in [0.15, 0.2) is 0 Å². The van der Waals surface area contributed by atoms with Crippen LogP contribution in [0.3, 0.4) is 0 Å². The number of hydrogen-bond donors (Lipinski definition) is 2. The summed E-state index contributed by atoms with van der Waals surface area (Å²) in [5, 5.41) is 7.01. The third kappa shape index (κ3) is 4.45. The van der Waals surface area contributed by atoms with Crippen molar-refractivity contribution in [3.63, 3.8) is 0 Å². The molecule has 1 aromatic heterocycles. The highest BCUT2D eigenvalue weighted by Gasteiger charge is 2.34. The lowest BCUT2D eigenvalue weighted by molar-refractivity contribution is -0.137. The Morgan fingerprint density at radius 1 is 1.13 bits per heavy atom. The highest BCUT2D eigenvalue weighted by molar-refractivity contribution is 5.95. The fraction of sp³-hybridized carbons (Fsp3) is 0.227. The zero-order valence-electron chi connectivity index (χ0n) is 16.3. The number of benzene rings is 2. The second-order valence-corrected chi connectivity index (χ2v) is 7.42. The molecule has 1 aliphatic rings. The van der Waals surface area contributed by atoms with E-state index in [1.54, 1.807) is 24.3 Å². The van der Waals surface area contributed by atoms with Gasteiger partial charge in [0, 0.05) is 18.0 Å². The van der Waals surface area contributed by atoms with Crippen molar-refractivity contribution >= 4 is 11.8 Å². The molecule has 0 bridgehead atoms. The lowest BCUT2D eigenvalue weighted by Gasteiger charge is -2.12. The van der Waals surface area contributed by atoms with Crippen molar-refractivity contribution in [3.8, 4) is 5.69 Å². The van der Waals surface area contributed by atoms with Crippen LogP contribution in [0.1, 0.15) is 56.3 Å². The van der Waals surface area contributed by atoms with Crippen molar-refractivity contribution in [1.29, 1.82) is 0 Å². The van der Waals surface area contributed by atoms with Gasteiger partial charge in [-0.3, -0.25) is 9.59 Å². The molecule has 0 unspecified atom stereocenters. The molecule has 9 heteroatoms. The van der Waals surface area contributed by atoms with Crippen LogP contribution in [-0.4, -0.2) is 21.6 Å². The molecule has 1 fully saturated rings. The first-order valence-corrected chi connectivity index (χ1v) is 9.66. The van der Waals surface area contributed by atoms with Crippen LogP contribution in [0.4, 0.5) is 13.2 Å². The van der Waals surface area contributed by atoms with Gasteiger partial charge in [-0.15, -0.1) is 0 Å². The summed E-state index contributed by atoms with van der Waals surface area (Å²) in [5.74, 6) is -0.821. The van der Waals surface area contributed by atoms with E-state index >= 15 is 0 Å². The van der Waals surface area contributed by atoms with Crippen LogP contribution < -0.4 is 11.1 Å². The molecule has 31 heavy (non-hydrogen) atoms. The number of nitrogens with one attached hydrogen (secondary N) is 1. The van der Waals surface area contributed by atoms with Crippen LogP contribution in [0, 0.1) is 0 Å². The number of rotatable bonds is 6. The lowest BCUT2D eigenvalue weighted by atomic mass is 10.1. The number of hydrogen-bond acceptors (Lipinski definition) is 3. The summed E-state index contributed by atoms with van der Waals surface area (Å²) in [5.41, 5.74) is 6.80. The highest BCUT2D eigenvalue weighted by Crippen LogP contribution is 2.42. The molecule has 2 amide bonds. The number of alkyl halides is 3. The summed E-state index contributed by atoms with van der Waals surface area (Å²) in [6.45, 7) is 0.219. The maximum absolute atomic E-state index is 13.1. The van der Waals surface area contributed by atoms with Gasteiger partial charge in [-0.2, -0.15) is 18.3 Å². The number of primary amides is 1. The number of carbonyl (C=O) groups is 2. The first-order chi connectivity index (χ1) is 14.7. The second-order valence-electron chi connectivity index (χ2n) is 7.42. The third-order valence-corrected chi connectivity index (χ3v) is 5.12. The van der Waals surface area contributed by atoms with Crippen molar-refractivity contribution in [3.05, 3.63) is 82.7 Å². The van der Waals surface area contributed by atoms with Gasteiger partial charge >= 0.3 is 6.18 Å². The van der Waals surface area contributed by atoms with Crippen LogP contribution in [0.5, 0.6) is 0 Å². The zero-order chi connectivity index (χ0) is 22.2. The number of nitrogens with two attached hydrogens (primary N) is 1. The maximum atomic E-state index is 13.1. The number of amides is 2. The summed E-state index contributed by atoms with van der Waals surface area (Å²) in [6, 6.07) is 11.4. The van der Waals surface area contributed by atoms with E-state index in [1.807, 2.05) is 0 Å². The zero-order valence-corrected chi connectivity index (χ0v) is 16.3. The first kappa shape index (κ1) is 20.6. The fourth-order valence-corrected chi connectivity index (χ4v) is 3.37. The Hall–Kier alpha value is -3.62. The van der Waals surface area contributed by atoms with E-state index in [4.69, 9.17) is 5.73 Å². The van der Waals surface area contributed by atoms with E-state index in [1.165, 1.54) is 23.0 Å². The number of nitrogens with zero attached hydrogens (tertiary/aromatic N) is 2. The Bertz CT molecular complexity index is 1130. The molecule has 0 saturated heterocycles. The molecule has 160 valence electrons. The molecule has 4 rings (SSSR count). The number of aromatic nitrogens is 2.